The van der Waals surface area contributed by atoms with Crippen LogP contribution in [0.3, 0.4) is 0 Å². The maximum atomic E-state index is 4.03. The Bertz CT molecular complexity index is 479. The van der Waals surface area contributed by atoms with Crippen LogP contribution in [-0.2, 0) is 6.42 Å². The summed E-state index contributed by atoms with van der Waals surface area (Å²) in [4.78, 5) is 4.03. The highest BCUT2D eigenvalue weighted by Crippen LogP contribution is 2.16. The van der Waals surface area contributed by atoms with Gasteiger partial charge in [0.25, 0.3) is 0 Å². The number of hydrogen-bond donors (Lipinski definition) is 1. The second-order valence-corrected chi connectivity index (χ2v) is 4.64. The van der Waals surface area contributed by atoms with Crippen LogP contribution in [-0.4, -0.2) is 11.5 Å². The predicted octanol–water partition coefficient (Wildman–Crippen LogP) is 3.28. The summed E-state index contributed by atoms with van der Waals surface area (Å²) in [5.74, 6) is 0. The maximum Gasteiger partial charge on any atom is 0.0294 e. The summed E-state index contributed by atoms with van der Waals surface area (Å²) in [5, 5.41) is 3.57. The first-order valence-corrected chi connectivity index (χ1v) is 6.45. The molecular formula is C16H20N2. The Hall–Kier alpha value is -1.67. The molecule has 0 spiro atoms. The van der Waals surface area contributed by atoms with Gasteiger partial charge in [-0.3, -0.25) is 4.98 Å². The summed E-state index contributed by atoms with van der Waals surface area (Å²) in [6, 6.07) is 13.1. The van der Waals surface area contributed by atoms with E-state index in [4.69, 9.17) is 0 Å². The van der Waals surface area contributed by atoms with Gasteiger partial charge in [-0.15, -0.1) is 0 Å². The van der Waals surface area contributed by atoms with E-state index < -0.39 is 0 Å². The minimum Gasteiger partial charge on any atom is -0.310 e. The molecule has 2 aromatic rings. The van der Waals surface area contributed by atoms with E-state index in [-0.39, 0.29) is 0 Å². The van der Waals surface area contributed by atoms with Crippen molar-refractivity contribution >= 4 is 0 Å². The van der Waals surface area contributed by atoms with Crippen molar-refractivity contribution in [2.45, 2.75) is 26.3 Å². The topological polar surface area (TPSA) is 24.9 Å². The van der Waals surface area contributed by atoms with E-state index in [1.54, 1.807) is 0 Å². The molecule has 18 heavy (non-hydrogen) atoms. The van der Waals surface area contributed by atoms with Crippen LogP contribution < -0.4 is 5.32 Å². The van der Waals surface area contributed by atoms with Crippen LogP contribution in [0.15, 0.2) is 48.8 Å². The second kappa shape index (κ2) is 6.31. The first kappa shape index (κ1) is 12.8. The third-order valence-electron chi connectivity index (χ3n) is 3.27. The minimum atomic E-state index is 0.396. The monoisotopic (exact) mass is 240 g/mol. The van der Waals surface area contributed by atoms with E-state index in [1.165, 1.54) is 16.7 Å². The first-order chi connectivity index (χ1) is 8.77. The zero-order valence-electron chi connectivity index (χ0n) is 11.1. The number of nitrogens with zero attached hydrogens (tertiary/aromatic N) is 1. The molecule has 0 aliphatic rings. The van der Waals surface area contributed by atoms with Gasteiger partial charge in [0.1, 0.15) is 0 Å². The molecular weight excluding hydrogens is 220 g/mol. The number of benzene rings is 1. The van der Waals surface area contributed by atoms with Crippen molar-refractivity contribution in [1.29, 1.82) is 0 Å². The van der Waals surface area contributed by atoms with E-state index in [9.17, 15) is 0 Å². The number of hydrogen-bond acceptors (Lipinski definition) is 2. The Morgan fingerprint density at radius 1 is 1.11 bits per heavy atom. The summed E-state index contributed by atoms with van der Waals surface area (Å²) < 4.78 is 0. The number of pyridine rings is 1. The molecule has 0 bridgehead atoms. The van der Waals surface area contributed by atoms with E-state index in [0.717, 1.165) is 13.0 Å². The Balaban J connectivity index is 1.86. The number of rotatable bonds is 5. The summed E-state index contributed by atoms with van der Waals surface area (Å²) in [6.45, 7) is 5.37. The van der Waals surface area contributed by atoms with E-state index >= 15 is 0 Å². The van der Waals surface area contributed by atoms with Gasteiger partial charge in [-0.05, 0) is 55.6 Å². The standard InChI is InChI=1S/C16H20N2/c1-13-5-3-4-6-16(13)14(2)18-12-9-15-7-10-17-11-8-15/h3-8,10-11,14,18H,9,12H2,1-2H3/t14-/m1/s1. The minimum absolute atomic E-state index is 0.396. The number of aromatic nitrogens is 1. The average molecular weight is 240 g/mol. The van der Waals surface area contributed by atoms with Crippen LogP contribution in [0, 0.1) is 6.92 Å². The molecule has 2 heteroatoms. The lowest BCUT2D eigenvalue weighted by Gasteiger charge is -2.16. The largest absolute Gasteiger partial charge is 0.310 e. The molecule has 0 saturated heterocycles. The molecule has 0 saturated carbocycles. The first-order valence-electron chi connectivity index (χ1n) is 6.45. The van der Waals surface area contributed by atoms with Crippen LogP contribution in [0.4, 0.5) is 0 Å². The molecule has 1 heterocycles. The molecule has 2 rings (SSSR count). The molecule has 0 aliphatic heterocycles. The highest BCUT2D eigenvalue weighted by molar-refractivity contribution is 5.28. The van der Waals surface area contributed by atoms with Gasteiger partial charge in [0, 0.05) is 18.4 Å². The molecule has 1 N–H and O–H groups in total. The van der Waals surface area contributed by atoms with Gasteiger partial charge in [-0.2, -0.15) is 0 Å². The normalized spacial score (nSPS) is 12.3. The van der Waals surface area contributed by atoms with Crippen molar-refractivity contribution < 1.29 is 0 Å². The zero-order chi connectivity index (χ0) is 12.8. The highest BCUT2D eigenvalue weighted by Gasteiger charge is 2.06. The Morgan fingerprint density at radius 3 is 2.56 bits per heavy atom. The smallest absolute Gasteiger partial charge is 0.0294 e. The van der Waals surface area contributed by atoms with E-state index in [1.807, 2.05) is 12.4 Å². The van der Waals surface area contributed by atoms with Crippen LogP contribution in [0.25, 0.3) is 0 Å². The van der Waals surface area contributed by atoms with E-state index in [0.29, 0.717) is 6.04 Å². The van der Waals surface area contributed by atoms with Crippen molar-refractivity contribution in [3.63, 3.8) is 0 Å². The maximum absolute atomic E-state index is 4.03. The average Bonchev–Trinajstić information content (AvgIpc) is 2.40. The summed E-state index contributed by atoms with van der Waals surface area (Å²) in [5.41, 5.74) is 4.06. The second-order valence-electron chi connectivity index (χ2n) is 4.64. The molecule has 0 fully saturated rings. The van der Waals surface area contributed by atoms with Gasteiger partial charge < -0.3 is 5.32 Å². The van der Waals surface area contributed by atoms with Gasteiger partial charge >= 0.3 is 0 Å². The van der Waals surface area contributed by atoms with Crippen molar-refractivity contribution in [3.8, 4) is 0 Å². The van der Waals surface area contributed by atoms with E-state index in [2.05, 4.69) is 60.5 Å². The molecule has 1 aromatic heterocycles. The van der Waals surface area contributed by atoms with Gasteiger partial charge in [0.2, 0.25) is 0 Å². The Kier molecular flexibility index (Phi) is 4.48. The summed E-state index contributed by atoms with van der Waals surface area (Å²) in [7, 11) is 0. The van der Waals surface area contributed by atoms with Gasteiger partial charge in [0.05, 0.1) is 0 Å². The Labute approximate surface area is 109 Å². The third-order valence-corrected chi connectivity index (χ3v) is 3.27. The molecule has 94 valence electrons. The fourth-order valence-corrected chi connectivity index (χ4v) is 2.17. The van der Waals surface area contributed by atoms with Gasteiger partial charge in [-0.1, -0.05) is 24.3 Å². The zero-order valence-corrected chi connectivity index (χ0v) is 11.1. The number of aryl methyl sites for hydroxylation is 1. The fraction of sp³-hybridized carbons (Fsp3) is 0.312. The third kappa shape index (κ3) is 3.41. The van der Waals surface area contributed by atoms with Crippen molar-refractivity contribution in [2.24, 2.45) is 0 Å². The van der Waals surface area contributed by atoms with Crippen molar-refractivity contribution in [1.82, 2.24) is 10.3 Å². The van der Waals surface area contributed by atoms with Crippen LogP contribution in [0.1, 0.15) is 29.7 Å². The molecule has 1 atom stereocenters. The number of nitrogens with one attached hydrogen (secondary N) is 1. The fourth-order valence-electron chi connectivity index (χ4n) is 2.17. The SMILES string of the molecule is Cc1ccccc1[C@@H](C)NCCc1ccncc1. The molecule has 0 radical (unpaired) electrons. The van der Waals surface area contributed by atoms with Crippen molar-refractivity contribution in [2.75, 3.05) is 6.54 Å². The molecule has 0 aliphatic carbocycles. The lowest BCUT2D eigenvalue weighted by atomic mass is 10.0. The summed E-state index contributed by atoms with van der Waals surface area (Å²) in [6.07, 6.45) is 4.74. The Morgan fingerprint density at radius 2 is 1.83 bits per heavy atom. The lowest BCUT2D eigenvalue weighted by molar-refractivity contribution is 0.574. The molecule has 0 amide bonds. The molecule has 0 unspecified atom stereocenters. The quantitative estimate of drug-likeness (QED) is 0.867. The van der Waals surface area contributed by atoms with Crippen LogP contribution in [0.2, 0.25) is 0 Å². The summed E-state index contributed by atoms with van der Waals surface area (Å²) >= 11 is 0. The predicted molar refractivity (Wildman–Crippen MR) is 75.5 cm³/mol. The molecule has 1 aromatic carbocycles. The molecule has 2 nitrogen and oxygen atoms in total. The lowest BCUT2D eigenvalue weighted by Crippen LogP contribution is -2.22. The van der Waals surface area contributed by atoms with Gasteiger partial charge in [0.15, 0.2) is 0 Å². The van der Waals surface area contributed by atoms with Crippen molar-refractivity contribution in [3.05, 3.63) is 65.5 Å². The van der Waals surface area contributed by atoms with Crippen LogP contribution >= 0.6 is 0 Å². The highest BCUT2D eigenvalue weighted by atomic mass is 14.9. The van der Waals surface area contributed by atoms with Crippen LogP contribution in [0.5, 0.6) is 0 Å². The van der Waals surface area contributed by atoms with Gasteiger partial charge in [-0.25, -0.2) is 0 Å².